The molecule has 3 rings (SSSR count). The number of hydrogen-bond donors (Lipinski definition) is 2. The third-order valence-corrected chi connectivity index (χ3v) is 4.44. The van der Waals surface area contributed by atoms with Crippen LogP contribution in [-0.2, 0) is 11.2 Å². The predicted molar refractivity (Wildman–Crippen MR) is 91.4 cm³/mol. The number of aromatic nitrogens is 2. The van der Waals surface area contributed by atoms with Crippen LogP contribution in [0.3, 0.4) is 0 Å². The van der Waals surface area contributed by atoms with Crippen molar-refractivity contribution in [3.05, 3.63) is 35.5 Å². The quantitative estimate of drug-likeness (QED) is 0.869. The van der Waals surface area contributed by atoms with E-state index in [0.29, 0.717) is 41.7 Å². The molecule has 6 nitrogen and oxygen atoms in total. The molecule has 2 heterocycles. The summed E-state index contributed by atoms with van der Waals surface area (Å²) in [5, 5.41) is 10.3. The lowest BCUT2D eigenvalue weighted by molar-refractivity contribution is -0.122. The Bertz CT molecular complexity index is 746. The van der Waals surface area contributed by atoms with Crippen LogP contribution in [0.4, 0.5) is 4.39 Å². The van der Waals surface area contributed by atoms with Crippen molar-refractivity contribution in [2.45, 2.75) is 51.6 Å². The monoisotopic (exact) mass is 346 g/mol. The van der Waals surface area contributed by atoms with Crippen LogP contribution < -0.4 is 10.6 Å². The summed E-state index contributed by atoms with van der Waals surface area (Å²) >= 11 is 0. The number of halogens is 1. The minimum absolute atomic E-state index is 0.00326. The van der Waals surface area contributed by atoms with Crippen molar-refractivity contribution < 1.29 is 13.7 Å². The Labute approximate surface area is 146 Å². The second kappa shape index (κ2) is 7.74. The molecule has 1 saturated heterocycles. The minimum atomic E-state index is -0.267. The summed E-state index contributed by atoms with van der Waals surface area (Å²) in [6.45, 7) is 4.73. The zero-order valence-electron chi connectivity index (χ0n) is 14.5. The van der Waals surface area contributed by atoms with Crippen molar-refractivity contribution in [1.82, 2.24) is 20.8 Å². The first-order valence-electron chi connectivity index (χ1n) is 8.63. The molecule has 1 amide bonds. The lowest BCUT2D eigenvalue weighted by Crippen LogP contribution is -2.46. The van der Waals surface area contributed by atoms with Crippen LogP contribution >= 0.6 is 0 Å². The molecule has 0 spiro atoms. The highest BCUT2D eigenvalue weighted by atomic mass is 19.1. The molecule has 1 aromatic heterocycles. The van der Waals surface area contributed by atoms with E-state index in [9.17, 15) is 9.18 Å². The number of aryl methyl sites for hydroxylation is 2. The lowest BCUT2D eigenvalue weighted by atomic mass is 10.0. The molecule has 2 aromatic rings. The summed E-state index contributed by atoms with van der Waals surface area (Å²) in [4.78, 5) is 16.4. The van der Waals surface area contributed by atoms with Gasteiger partial charge in [-0.25, -0.2) is 4.39 Å². The van der Waals surface area contributed by atoms with Crippen molar-refractivity contribution in [3.8, 4) is 11.4 Å². The highest BCUT2D eigenvalue weighted by Gasteiger charge is 2.20. The topological polar surface area (TPSA) is 80.0 Å². The first kappa shape index (κ1) is 17.5. The summed E-state index contributed by atoms with van der Waals surface area (Å²) < 4.78 is 18.5. The van der Waals surface area contributed by atoms with Crippen LogP contribution in [0.5, 0.6) is 0 Å². The average molecular weight is 346 g/mol. The third kappa shape index (κ3) is 4.63. The molecular weight excluding hydrogens is 323 g/mol. The number of piperidine rings is 1. The van der Waals surface area contributed by atoms with E-state index in [4.69, 9.17) is 4.52 Å². The van der Waals surface area contributed by atoms with E-state index >= 15 is 0 Å². The maximum absolute atomic E-state index is 13.3. The van der Waals surface area contributed by atoms with Crippen LogP contribution in [0.2, 0.25) is 0 Å². The van der Waals surface area contributed by atoms with Gasteiger partial charge in [-0.1, -0.05) is 5.16 Å². The molecule has 0 saturated carbocycles. The van der Waals surface area contributed by atoms with E-state index in [1.807, 2.05) is 0 Å². The minimum Gasteiger partial charge on any atom is -0.353 e. The Hall–Kier alpha value is -2.28. The van der Waals surface area contributed by atoms with Gasteiger partial charge in [0.2, 0.25) is 17.6 Å². The molecule has 134 valence electrons. The van der Waals surface area contributed by atoms with Gasteiger partial charge in [0, 0.05) is 30.5 Å². The Kier molecular flexibility index (Phi) is 5.43. The Morgan fingerprint density at radius 2 is 2.32 bits per heavy atom. The normalized spacial score (nSPS) is 20.4. The Morgan fingerprint density at radius 3 is 3.08 bits per heavy atom. The molecule has 0 aliphatic carbocycles. The molecule has 2 N–H and O–H groups in total. The number of carbonyl (C=O) groups is 1. The molecule has 2 unspecified atom stereocenters. The van der Waals surface area contributed by atoms with E-state index in [1.165, 1.54) is 6.07 Å². The molecule has 1 aliphatic heterocycles. The number of benzene rings is 1. The third-order valence-electron chi connectivity index (χ3n) is 4.44. The second-order valence-corrected chi connectivity index (χ2v) is 6.62. The molecule has 25 heavy (non-hydrogen) atoms. The largest absolute Gasteiger partial charge is 0.353 e. The van der Waals surface area contributed by atoms with E-state index in [0.717, 1.165) is 19.4 Å². The van der Waals surface area contributed by atoms with Crippen molar-refractivity contribution in [2.75, 3.05) is 6.54 Å². The predicted octanol–water partition coefficient (Wildman–Crippen LogP) is 2.37. The molecular formula is C18H23FN4O2. The van der Waals surface area contributed by atoms with Gasteiger partial charge in [-0.3, -0.25) is 4.79 Å². The molecule has 0 bridgehead atoms. The van der Waals surface area contributed by atoms with Gasteiger partial charge >= 0.3 is 0 Å². The highest BCUT2D eigenvalue weighted by Crippen LogP contribution is 2.19. The van der Waals surface area contributed by atoms with E-state index in [1.54, 1.807) is 19.1 Å². The van der Waals surface area contributed by atoms with Crippen molar-refractivity contribution in [3.63, 3.8) is 0 Å². The van der Waals surface area contributed by atoms with Crippen molar-refractivity contribution in [1.29, 1.82) is 0 Å². The fourth-order valence-electron chi connectivity index (χ4n) is 3.04. The van der Waals surface area contributed by atoms with Crippen LogP contribution in [0, 0.1) is 12.7 Å². The van der Waals surface area contributed by atoms with Crippen molar-refractivity contribution in [2.24, 2.45) is 0 Å². The molecule has 1 aliphatic rings. The van der Waals surface area contributed by atoms with Gasteiger partial charge in [0.1, 0.15) is 5.82 Å². The summed E-state index contributed by atoms with van der Waals surface area (Å²) in [6, 6.07) is 5.33. The Balaban J connectivity index is 1.53. The molecule has 1 aromatic carbocycles. The van der Waals surface area contributed by atoms with Crippen molar-refractivity contribution >= 4 is 5.91 Å². The number of carbonyl (C=O) groups excluding carboxylic acids is 1. The maximum Gasteiger partial charge on any atom is 0.227 e. The Morgan fingerprint density at radius 1 is 1.48 bits per heavy atom. The van der Waals surface area contributed by atoms with E-state index in [-0.39, 0.29) is 17.8 Å². The summed E-state index contributed by atoms with van der Waals surface area (Å²) in [5.74, 6) is 0.546. The van der Waals surface area contributed by atoms with E-state index in [2.05, 4.69) is 27.7 Å². The van der Waals surface area contributed by atoms with Crippen LogP contribution in [-0.4, -0.2) is 34.7 Å². The van der Waals surface area contributed by atoms with Crippen LogP contribution in [0.25, 0.3) is 11.4 Å². The van der Waals surface area contributed by atoms with Gasteiger partial charge < -0.3 is 15.2 Å². The molecule has 0 radical (unpaired) electrons. The summed E-state index contributed by atoms with van der Waals surface area (Å²) in [7, 11) is 0. The van der Waals surface area contributed by atoms with Gasteiger partial charge in [-0.2, -0.15) is 4.98 Å². The molecule has 7 heteroatoms. The number of hydrogen-bond acceptors (Lipinski definition) is 5. The SMILES string of the molecule is Cc1cc(-c2noc(CCC(=O)NC3CCNC(C)C3)n2)ccc1F. The summed E-state index contributed by atoms with van der Waals surface area (Å²) in [6.07, 6.45) is 2.59. The molecule has 1 fully saturated rings. The highest BCUT2D eigenvalue weighted by molar-refractivity contribution is 5.76. The number of nitrogens with one attached hydrogen (secondary N) is 2. The van der Waals surface area contributed by atoms with Gasteiger partial charge in [0.25, 0.3) is 0 Å². The molecule has 2 atom stereocenters. The standard InChI is InChI=1S/C18H23FN4O2/c1-11-9-13(3-4-15(11)19)18-22-17(25-23-18)6-5-16(24)21-14-7-8-20-12(2)10-14/h3-4,9,12,14,20H,5-8,10H2,1-2H3,(H,21,24). The zero-order chi connectivity index (χ0) is 17.8. The first-order valence-corrected chi connectivity index (χ1v) is 8.63. The van der Waals surface area contributed by atoms with Gasteiger partial charge in [-0.15, -0.1) is 0 Å². The maximum atomic E-state index is 13.3. The van der Waals surface area contributed by atoms with Gasteiger partial charge in [-0.05, 0) is 57.0 Å². The average Bonchev–Trinajstić information content (AvgIpc) is 3.04. The smallest absolute Gasteiger partial charge is 0.227 e. The summed E-state index contributed by atoms with van der Waals surface area (Å²) in [5.41, 5.74) is 1.22. The lowest BCUT2D eigenvalue weighted by Gasteiger charge is -2.28. The van der Waals surface area contributed by atoms with Crippen LogP contribution in [0.1, 0.15) is 37.6 Å². The number of amides is 1. The first-order chi connectivity index (χ1) is 12.0. The fraction of sp³-hybridized carbons (Fsp3) is 0.500. The zero-order valence-corrected chi connectivity index (χ0v) is 14.5. The van der Waals surface area contributed by atoms with E-state index < -0.39 is 0 Å². The van der Waals surface area contributed by atoms with Crippen LogP contribution in [0.15, 0.2) is 22.7 Å². The second-order valence-electron chi connectivity index (χ2n) is 6.62. The fourth-order valence-corrected chi connectivity index (χ4v) is 3.04. The number of nitrogens with zero attached hydrogens (tertiary/aromatic N) is 2. The van der Waals surface area contributed by atoms with Gasteiger partial charge in [0.15, 0.2) is 0 Å². The number of rotatable bonds is 5. The van der Waals surface area contributed by atoms with Gasteiger partial charge in [0.05, 0.1) is 0 Å².